The van der Waals surface area contributed by atoms with Crippen molar-refractivity contribution in [2.24, 2.45) is 0 Å². The number of carbonyl (C=O) groups excluding carboxylic acids is 1. The summed E-state index contributed by atoms with van der Waals surface area (Å²) in [6, 6.07) is 9.81. The number of pyridine rings is 1. The van der Waals surface area contributed by atoms with Crippen LogP contribution < -0.4 is 9.80 Å². The van der Waals surface area contributed by atoms with Crippen LogP contribution >= 0.6 is 0 Å². The highest BCUT2D eigenvalue weighted by Crippen LogP contribution is 2.29. The summed E-state index contributed by atoms with van der Waals surface area (Å²) < 4.78 is 23.8. The van der Waals surface area contributed by atoms with Crippen LogP contribution in [0.5, 0.6) is 0 Å². The van der Waals surface area contributed by atoms with Crippen molar-refractivity contribution in [2.75, 3.05) is 34.4 Å². The average Bonchev–Trinajstić information content (AvgIpc) is 3.07. The van der Waals surface area contributed by atoms with Crippen LogP contribution in [-0.4, -0.2) is 49.9 Å². The van der Waals surface area contributed by atoms with Crippen molar-refractivity contribution in [3.05, 3.63) is 53.9 Å². The lowest BCUT2D eigenvalue weighted by molar-refractivity contribution is 0.0984. The summed E-state index contributed by atoms with van der Waals surface area (Å²) in [6.07, 6.45) is 5.86. The number of fused-ring (bicyclic) bond motifs is 1. The van der Waals surface area contributed by atoms with E-state index in [0.717, 1.165) is 24.2 Å². The van der Waals surface area contributed by atoms with Gasteiger partial charge in [-0.1, -0.05) is 18.2 Å². The van der Waals surface area contributed by atoms with Gasteiger partial charge in [0.05, 0.1) is 29.0 Å². The number of hydrogen-bond acceptors (Lipinski definition) is 5. The molecular formula is C21H25N3O3S. The van der Waals surface area contributed by atoms with Crippen LogP contribution in [0.25, 0.3) is 0 Å². The second-order valence-corrected chi connectivity index (χ2v) is 9.69. The molecule has 4 rings (SSSR count). The molecule has 2 aromatic rings. The molecular weight excluding hydrogens is 374 g/mol. The molecule has 1 fully saturated rings. The van der Waals surface area contributed by atoms with E-state index in [4.69, 9.17) is 0 Å². The Morgan fingerprint density at radius 1 is 1.29 bits per heavy atom. The molecule has 148 valence electrons. The Hall–Kier alpha value is -2.41. The molecule has 3 heterocycles. The van der Waals surface area contributed by atoms with E-state index in [1.807, 2.05) is 36.1 Å². The predicted octanol–water partition coefficient (Wildman–Crippen LogP) is 2.69. The van der Waals surface area contributed by atoms with Crippen LogP contribution in [0.2, 0.25) is 0 Å². The fourth-order valence-electron chi connectivity index (χ4n) is 4.28. The molecule has 7 heteroatoms. The van der Waals surface area contributed by atoms with Crippen LogP contribution in [0, 0.1) is 0 Å². The topological polar surface area (TPSA) is 70.6 Å². The highest BCUT2D eigenvalue weighted by molar-refractivity contribution is 7.91. The summed E-state index contributed by atoms with van der Waals surface area (Å²) in [7, 11) is -2.97. The number of hydrogen-bond donors (Lipinski definition) is 0. The Morgan fingerprint density at radius 2 is 2.11 bits per heavy atom. The number of rotatable bonds is 4. The zero-order valence-electron chi connectivity index (χ0n) is 16.0. The Kier molecular flexibility index (Phi) is 5.10. The molecule has 0 spiro atoms. The van der Waals surface area contributed by atoms with Crippen molar-refractivity contribution in [3.63, 3.8) is 0 Å². The lowest BCUT2D eigenvalue weighted by Gasteiger charge is -2.31. The van der Waals surface area contributed by atoms with Gasteiger partial charge in [0.2, 0.25) is 0 Å². The fourth-order valence-corrected chi connectivity index (χ4v) is 6.01. The number of aromatic nitrogens is 1. The molecule has 2 aliphatic heterocycles. The molecule has 1 aromatic heterocycles. The van der Waals surface area contributed by atoms with Crippen molar-refractivity contribution in [2.45, 2.75) is 32.2 Å². The van der Waals surface area contributed by atoms with Gasteiger partial charge in [-0.2, -0.15) is 0 Å². The van der Waals surface area contributed by atoms with Crippen LogP contribution in [-0.2, 0) is 16.3 Å². The first-order valence-electron chi connectivity index (χ1n) is 9.80. The van der Waals surface area contributed by atoms with E-state index in [2.05, 4.69) is 16.0 Å². The lowest BCUT2D eigenvalue weighted by atomic mass is 10.0. The number of amides is 1. The Labute approximate surface area is 166 Å². The van der Waals surface area contributed by atoms with E-state index < -0.39 is 9.84 Å². The molecule has 1 amide bonds. The third-order valence-corrected chi connectivity index (χ3v) is 7.40. The van der Waals surface area contributed by atoms with Gasteiger partial charge >= 0.3 is 0 Å². The second-order valence-electron chi connectivity index (χ2n) is 7.46. The average molecular weight is 400 g/mol. The number of sulfone groups is 1. The molecule has 0 aliphatic carbocycles. The SMILES string of the molecule is CCN(c1cncc(C(=O)N2CCCc3ccccc32)c1)C1CCS(=O)(=O)C1. The maximum Gasteiger partial charge on any atom is 0.259 e. The minimum absolute atomic E-state index is 0.0575. The molecule has 1 saturated heterocycles. The second kappa shape index (κ2) is 7.54. The number of nitrogens with zero attached hydrogens (tertiary/aromatic N) is 3. The van der Waals surface area contributed by atoms with Gasteiger partial charge in [0.1, 0.15) is 0 Å². The zero-order chi connectivity index (χ0) is 19.7. The van der Waals surface area contributed by atoms with Crippen LogP contribution in [0.3, 0.4) is 0 Å². The van der Waals surface area contributed by atoms with Gasteiger partial charge < -0.3 is 9.80 Å². The summed E-state index contributed by atoms with van der Waals surface area (Å²) in [4.78, 5) is 21.4. The van der Waals surface area contributed by atoms with E-state index in [1.54, 1.807) is 12.4 Å². The molecule has 6 nitrogen and oxygen atoms in total. The summed E-state index contributed by atoms with van der Waals surface area (Å²) >= 11 is 0. The highest BCUT2D eigenvalue weighted by atomic mass is 32.2. The minimum Gasteiger partial charge on any atom is -0.367 e. The van der Waals surface area contributed by atoms with E-state index in [9.17, 15) is 13.2 Å². The van der Waals surface area contributed by atoms with Gasteiger partial charge in [-0.05, 0) is 43.9 Å². The van der Waals surface area contributed by atoms with Crippen molar-refractivity contribution in [3.8, 4) is 0 Å². The number of para-hydroxylation sites is 1. The molecule has 0 N–H and O–H groups in total. The standard InChI is InChI=1S/C21H25N3O3S/c1-2-23(18-9-11-28(26,27)15-18)19-12-17(13-22-14-19)21(25)24-10-5-7-16-6-3-4-8-20(16)24/h3-4,6,8,12-14,18H,2,5,7,9-11,15H2,1H3. The number of benzene rings is 1. The third kappa shape index (κ3) is 3.63. The molecule has 0 radical (unpaired) electrons. The Bertz CT molecular complexity index is 990. The maximum atomic E-state index is 13.2. The van der Waals surface area contributed by atoms with Gasteiger partial charge in [-0.3, -0.25) is 9.78 Å². The van der Waals surface area contributed by atoms with Crippen LogP contribution in [0.4, 0.5) is 11.4 Å². The van der Waals surface area contributed by atoms with E-state index in [0.29, 0.717) is 25.1 Å². The quantitative estimate of drug-likeness (QED) is 0.791. The number of aryl methyl sites for hydroxylation is 1. The molecule has 0 saturated carbocycles. The normalized spacial score (nSPS) is 20.6. The molecule has 28 heavy (non-hydrogen) atoms. The third-order valence-electron chi connectivity index (χ3n) is 5.65. The van der Waals surface area contributed by atoms with E-state index in [-0.39, 0.29) is 23.5 Å². The van der Waals surface area contributed by atoms with Gasteiger partial charge in [-0.15, -0.1) is 0 Å². The largest absolute Gasteiger partial charge is 0.367 e. The summed E-state index contributed by atoms with van der Waals surface area (Å²) in [6.45, 7) is 3.37. The van der Waals surface area contributed by atoms with Gasteiger partial charge in [0, 0.05) is 31.0 Å². The van der Waals surface area contributed by atoms with E-state index in [1.165, 1.54) is 5.56 Å². The first kappa shape index (κ1) is 18.9. The zero-order valence-corrected chi connectivity index (χ0v) is 16.9. The summed E-state index contributed by atoms with van der Waals surface area (Å²) in [5, 5.41) is 0. The van der Waals surface area contributed by atoms with Gasteiger partial charge in [0.15, 0.2) is 9.84 Å². The molecule has 2 aliphatic rings. The summed E-state index contributed by atoms with van der Waals surface area (Å²) in [5.74, 6) is 0.333. The van der Waals surface area contributed by atoms with Crippen molar-refractivity contribution in [1.29, 1.82) is 0 Å². The first-order chi connectivity index (χ1) is 13.5. The number of anilines is 2. The molecule has 1 aromatic carbocycles. The molecule has 1 atom stereocenters. The smallest absolute Gasteiger partial charge is 0.259 e. The van der Waals surface area contributed by atoms with Crippen LogP contribution in [0.15, 0.2) is 42.7 Å². The number of carbonyl (C=O) groups is 1. The van der Waals surface area contributed by atoms with Crippen LogP contribution in [0.1, 0.15) is 35.7 Å². The summed E-state index contributed by atoms with van der Waals surface area (Å²) in [5.41, 5.74) is 3.50. The Balaban J connectivity index is 1.61. The highest BCUT2D eigenvalue weighted by Gasteiger charge is 2.32. The van der Waals surface area contributed by atoms with Crippen molar-refractivity contribution < 1.29 is 13.2 Å². The lowest BCUT2D eigenvalue weighted by Crippen LogP contribution is -2.37. The van der Waals surface area contributed by atoms with Crippen molar-refractivity contribution in [1.82, 2.24) is 4.98 Å². The molecule has 0 bridgehead atoms. The van der Waals surface area contributed by atoms with Crippen molar-refractivity contribution >= 4 is 27.1 Å². The molecule has 1 unspecified atom stereocenters. The monoisotopic (exact) mass is 399 g/mol. The minimum atomic E-state index is -2.97. The first-order valence-corrected chi connectivity index (χ1v) is 11.6. The fraction of sp³-hybridized carbons (Fsp3) is 0.429. The maximum absolute atomic E-state index is 13.2. The van der Waals surface area contributed by atoms with Gasteiger partial charge in [-0.25, -0.2) is 8.42 Å². The van der Waals surface area contributed by atoms with Gasteiger partial charge in [0.25, 0.3) is 5.91 Å². The Morgan fingerprint density at radius 3 is 2.86 bits per heavy atom. The predicted molar refractivity (Wildman–Crippen MR) is 111 cm³/mol. The van der Waals surface area contributed by atoms with E-state index >= 15 is 0 Å².